The Hall–Kier alpha value is -1.76. The van der Waals surface area contributed by atoms with Crippen LogP contribution in [0.4, 0.5) is 5.13 Å². The Labute approximate surface area is 258 Å². The maximum atomic E-state index is 12.6. The smallest absolute Gasteiger partial charge is 0.306 e. The minimum atomic E-state index is -0.275. The van der Waals surface area contributed by atoms with Crippen molar-refractivity contribution in [1.82, 2.24) is 10.2 Å². The number of allylic oxidation sites excluding steroid dienone is 1. The number of fused-ring (bicyclic) bond motifs is 5. The third-order valence-electron chi connectivity index (χ3n) is 12.7. The fourth-order valence-corrected chi connectivity index (χ4v) is 10.7. The largest absolute Gasteiger partial charge is 0.462 e. The fraction of sp³-hybridized carbons (Fsp3) is 0.829. The summed E-state index contributed by atoms with van der Waals surface area (Å²) in [6.45, 7) is 15.0. The Morgan fingerprint density at radius 2 is 1.88 bits per heavy atom. The summed E-state index contributed by atoms with van der Waals surface area (Å²) >= 11 is 1.27. The molecule has 3 fully saturated rings. The number of ether oxygens (including phenoxy) is 1. The van der Waals surface area contributed by atoms with E-state index in [4.69, 9.17) is 4.74 Å². The van der Waals surface area contributed by atoms with E-state index in [2.05, 4.69) is 63.1 Å². The molecule has 1 N–H and O–H groups in total. The molecule has 7 heteroatoms. The van der Waals surface area contributed by atoms with E-state index in [1.807, 2.05) is 0 Å². The van der Waals surface area contributed by atoms with Crippen LogP contribution < -0.4 is 5.32 Å². The van der Waals surface area contributed by atoms with Crippen LogP contribution in [0.15, 0.2) is 17.2 Å². The second-order valence-corrected chi connectivity index (χ2v) is 15.9. The van der Waals surface area contributed by atoms with E-state index >= 15 is 0 Å². The molecule has 5 rings (SSSR count). The number of nitrogens with zero attached hydrogens (tertiary/aromatic N) is 2. The zero-order valence-corrected chi connectivity index (χ0v) is 27.8. The Kier molecular flexibility index (Phi) is 9.86. The summed E-state index contributed by atoms with van der Waals surface area (Å²) in [6.07, 6.45) is 16.5. The molecular weight excluding hydrogens is 542 g/mol. The Bertz CT molecular complexity index is 1120. The highest BCUT2D eigenvalue weighted by Gasteiger charge is 2.59. The summed E-state index contributed by atoms with van der Waals surface area (Å²) in [7, 11) is 0. The molecule has 0 saturated heterocycles. The molecule has 0 unspecified atom stereocenters. The van der Waals surface area contributed by atoms with E-state index in [0.29, 0.717) is 10.5 Å². The zero-order chi connectivity index (χ0) is 30.1. The molecule has 4 aliphatic carbocycles. The Morgan fingerprint density at radius 1 is 1.07 bits per heavy atom. The van der Waals surface area contributed by atoms with Crippen LogP contribution in [0.1, 0.15) is 125 Å². The maximum absolute atomic E-state index is 12.6. The first-order valence-electron chi connectivity index (χ1n) is 17.0. The lowest BCUT2D eigenvalue weighted by atomic mass is 9.47. The summed E-state index contributed by atoms with van der Waals surface area (Å²) in [6, 6.07) is 0. The molecule has 0 aromatic carbocycles. The number of amides is 1. The first-order chi connectivity index (χ1) is 20.0. The number of anilines is 1. The van der Waals surface area contributed by atoms with Gasteiger partial charge in [0.1, 0.15) is 11.6 Å². The van der Waals surface area contributed by atoms with Crippen LogP contribution in [0.5, 0.6) is 0 Å². The first kappa shape index (κ1) is 31.7. The topological polar surface area (TPSA) is 81.2 Å². The molecule has 0 spiro atoms. The van der Waals surface area contributed by atoms with Gasteiger partial charge in [-0.2, -0.15) is 0 Å². The summed E-state index contributed by atoms with van der Waals surface area (Å²) in [5, 5.41) is 10.7. The van der Waals surface area contributed by atoms with Crippen molar-refractivity contribution in [2.45, 2.75) is 131 Å². The highest BCUT2D eigenvalue weighted by atomic mass is 32.1. The van der Waals surface area contributed by atoms with Crippen LogP contribution in [0, 0.1) is 52.3 Å². The molecule has 0 aliphatic heterocycles. The van der Waals surface area contributed by atoms with Gasteiger partial charge in [-0.15, -0.1) is 10.2 Å². The van der Waals surface area contributed by atoms with Gasteiger partial charge in [-0.3, -0.25) is 9.59 Å². The number of aromatic nitrogens is 2. The quantitative estimate of drug-likeness (QED) is 0.204. The van der Waals surface area contributed by atoms with E-state index in [1.54, 1.807) is 5.51 Å². The van der Waals surface area contributed by atoms with Gasteiger partial charge < -0.3 is 10.1 Å². The second kappa shape index (κ2) is 13.1. The molecule has 9 atom stereocenters. The average molecular weight is 598 g/mol. The minimum Gasteiger partial charge on any atom is -0.462 e. The van der Waals surface area contributed by atoms with Crippen LogP contribution in [0.25, 0.3) is 0 Å². The van der Waals surface area contributed by atoms with E-state index in [-0.39, 0.29) is 36.2 Å². The molecule has 3 saturated carbocycles. The van der Waals surface area contributed by atoms with Gasteiger partial charge in [-0.1, -0.05) is 77.4 Å². The number of esters is 1. The molecule has 1 aromatic heterocycles. The van der Waals surface area contributed by atoms with Crippen molar-refractivity contribution < 1.29 is 14.3 Å². The van der Waals surface area contributed by atoms with Gasteiger partial charge in [0.2, 0.25) is 11.0 Å². The van der Waals surface area contributed by atoms with Crippen LogP contribution in [-0.4, -0.2) is 28.2 Å². The molecule has 1 amide bonds. The second-order valence-electron chi connectivity index (χ2n) is 15.1. The summed E-state index contributed by atoms with van der Waals surface area (Å²) in [5.41, 5.74) is 3.84. The first-order valence-corrected chi connectivity index (χ1v) is 17.9. The van der Waals surface area contributed by atoms with Crippen molar-refractivity contribution in [3.63, 3.8) is 0 Å². The SMILES string of the molecule is CC[C@H](CC[C@@H](C)[C@H]1CC[C@H]2[C@@H]3CC=C4C[C@@H](OC(=O)CCC(=O)Nc5nncs5)CC[C@]4(C)[C@H]3CC[C@]12C)C(C)C. The molecule has 42 heavy (non-hydrogen) atoms. The lowest BCUT2D eigenvalue weighted by molar-refractivity contribution is -0.152. The molecule has 6 nitrogen and oxygen atoms in total. The van der Waals surface area contributed by atoms with Crippen LogP contribution in [0.2, 0.25) is 0 Å². The predicted molar refractivity (Wildman–Crippen MR) is 170 cm³/mol. The highest BCUT2D eigenvalue weighted by Crippen LogP contribution is 2.67. The monoisotopic (exact) mass is 597 g/mol. The van der Waals surface area contributed by atoms with Crippen LogP contribution >= 0.6 is 11.3 Å². The molecule has 234 valence electrons. The van der Waals surface area contributed by atoms with Gasteiger partial charge in [0.15, 0.2) is 0 Å². The molecule has 1 aromatic rings. The van der Waals surface area contributed by atoms with Crippen molar-refractivity contribution >= 4 is 28.3 Å². The number of nitrogens with one attached hydrogen (secondary N) is 1. The van der Waals surface area contributed by atoms with Gasteiger partial charge in [0, 0.05) is 12.8 Å². The normalized spacial score (nSPS) is 35.4. The number of carbonyl (C=O) groups is 2. The summed E-state index contributed by atoms with van der Waals surface area (Å²) < 4.78 is 5.91. The fourth-order valence-electron chi connectivity index (χ4n) is 10.3. The highest BCUT2D eigenvalue weighted by molar-refractivity contribution is 7.13. The third kappa shape index (κ3) is 6.37. The van der Waals surface area contributed by atoms with Crippen molar-refractivity contribution in [3.05, 3.63) is 17.2 Å². The maximum Gasteiger partial charge on any atom is 0.306 e. The van der Waals surface area contributed by atoms with Gasteiger partial charge in [-0.25, -0.2) is 0 Å². The predicted octanol–water partition coefficient (Wildman–Crippen LogP) is 8.85. The van der Waals surface area contributed by atoms with Crippen LogP contribution in [0.3, 0.4) is 0 Å². The van der Waals surface area contributed by atoms with Gasteiger partial charge in [0.25, 0.3) is 0 Å². The van der Waals surface area contributed by atoms with Gasteiger partial charge in [0.05, 0.1) is 6.42 Å². The van der Waals surface area contributed by atoms with Crippen molar-refractivity contribution in [3.8, 4) is 0 Å². The van der Waals surface area contributed by atoms with E-state index in [1.165, 1.54) is 68.3 Å². The summed E-state index contributed by atoms with van der Waals surface area (Å²) in [5.74, 6) is 5.29. The van der Waals surface area contributed by atoms with Gasteiger partial charge >= 0.3 is 5.97 Å². The average Bonchev–Trinajstić information content (AvgIpc) is 3.59. The Balaban J connectivity index is 1.16. The number of rotatable bonds is 11. The number of carbonyl (C=O) groups excluding carboxylic acids is 2. The zero-order valence-electron chi connectivity index (χ0n) is 27.0. The standard InChI is InChI=1S/C35H55N3O3S/c1-7-24(22(2)3)9-8-23(4)28-12-13-29-27-11-10-25-20-26(16-18-34(25,5)30(27)17-19-35(28,29)6)41-32(40)15-14-31(39)37-33-38-36-21-42-33/h10,21-24,26-30H,7-9,11-20H2,1-6H3,(H,37,38,39)/t23-,24-,26+,27+,28-,29+,30+,34+,35-/m1/s1. The van der Waals surface area contributed by atoms with Crippen molar-refractivity contribution in [2.24, 2.45) is 52.3 Å². The summed E-state index contributed by atoms with van der Waals surface area (Å²) in [4.78, 5) is 24.8. The molecular formula is C35H55N3O3S. The van der Waals surface area contributed by atoms with Crippen molar-refractivity contribution in [1.29, 1.82) is 0 Å². The number of hydrogen-bond acceptors (Lipinski definition) is 6. The molecule has 0 bridgehead atoms. The third-order valence-corrected chi connectivity index (χ3v) is 13.3. The molecule has 1 heterocycles. The van der Waals surface area contributed by atoms with E-state index < -0.39 is 0 Å². The Morgan fingerprint density at radius 3 is 2.60 bits per heavy atom. The number of hydrogen-bond donors (Lipinski definition) is 1. The van der Waals surface area contributed by atoms with Crippen LogP contribution in [-0.2, 0) is 14.3 Å². The van der Waals surface area contributed by atoms with E-state index in [0.717, 1.165) is 60.7 Å². The molecule has 0 radical (unpaired) electrons. The minimum absolute atomic E-state index is 0.0667. The van der Waals surface area contributed by atoms with Crippen molar-refractivity contribution in [2.75, 3.05) is 5.32 Å². The lowest BCUT2D eigenvalue weighted by Gasteiger charge is -2.58. The van der Waals surface area contributed by atoms with Gasteiger partial charge in [-0.05, 0) is 104 Å². The lowest BCUT2D eigenvalue weighted by Crippen LogP contribution is -2.51. The van der Waals surface area contributed by atoms with E-state index in [9.17, 15) is 9.59 Å². The molecule has 4 aliphatic rings.